The zero-order valence-corrected chi connectivity index (χ0v) is 11.5. The van der Waals surface area contributed by atoms with Gasteiger partial charge in [-0.2, -0.15) is 0 Å². The summed E-state index contributed by atoms with van der Waals surface area (Å²) < 4.78 is 11.1. The van der Waals surface area contributed by atoms with Gasteiger partial charge in [0.2, 0.25) is 0 Å². The molecule has 1 fully saturated rings. The van der Waals surface area contributed by atoms with Gasteiger partial charge < -0.3 is 14.6 Å². The topological polar surface area (TPSA) is 38.7 Å². The molecule has 104 valence electrons. The third-order valence-electron chi connectivity index (χ3n) is 4.82. The summed E-state index contributed by atoms with van der Waals surface area (Å²) in [5, 5.41) is 10.6. The molecule has 0 aromatic heterocycles. The Bertz CT molecular complexity index is 437. The first-order valence-electron chi connectivity index (χ1n) is 7.14. The van der Waals surface area contributed by atoms with Crippen LogP contribution in [0.25, 0.3) is 0 Å². The van der Waals surface area contributed by atoms with Gasteiger partial charge in [0.15, 0.2) is 0 Å². The molecule has 0 amide bonds. The first kappa shape index (κ1) is 13.1. The summed E-state index contributed by atoms with van der Waals surface area (Å²) in [4.78, 5) is 0. The van der Waals surface area contributed by atoms with Crippen LogP contribution in [0.15, 0.2) is 24.3 Å². The Balaban J connectivity index is 1.67. The van der Waals surface area contributed by atoms with Crippen LogP contribution in [-0.2, 0) is 15.9 Å². The van der Waals surface area contributed by atoms with Crippen LogP contribution < -0.4 is 0 Å². The summed E-state index contributed by atoms with van der Waals surface area (Å²) in [7, 11) is 1.71. The summed E-state index contributed by atoms with van der Waals surface area (Å²) >= 11 is 0. The molecule has 19 heavy (non-hydrogen) atoms. The van der Waals surface area contributed by atoms with E-state index in [2.05, 4.69) is 24.3 Å². The number of hydrogen-bond acceptors (Lipinski definition) is 3. The van der Waals surface area contributed by atoms with Crippen molar-refractivity contribution in [2.75, 3.05) is 20.3 Å². The van der Waals surface area contributed by atoms with Crippen molar-refractivity contribution in [2.24, 2.45) is 0 Å². The van der Waals surface area contributed by atoms with Gasteiger partial charge in [-0.05, 0) is 29.9 Å². The molecule has 2 atom stereocenters. The van der Waals surface area contributed by atoms with Crippen LogP contribution >= 0.6 is 0 Å². The average molecular weight is 262 g/mol. The lowest BCUT2D eigenvalue weighted by Gasteiger charge is -2.42. The Morgan fingerprint density at radius 3 is 2.79 bits per heavy atom. The van der Waals surface area contributed by atoms with Crippen LogP contribution in [0.3, 0.4) is 0 Å². The molecule has 1 aromatic carbocycles. The number of hydrogen-bond donors (Lipinski definition) is 1. The predicted octanol–water partition coefficient (Wildman–Crippen LogP) is 2.27. The molecule has 0 saturated carbocycles. The first-order valence-corrected chi connectivity index (χ1v) is 7.14. The number of aliphatic hydroxyl groups excluding tert-OH is 1. The van der Waals surface area contributed by atoms with Gasteiger partial charge in [0.25, 0.3) is 0 Å². The molecule has 1 aliphatic heterocycles. The van der Waals surface area contributed by atoms with Crippen molar-refractivity contribution in [3.63, 3.8) is 0 Å². The van der Waals surface area contributed by atoms with Crippen LogP contribution in [0.1, 0.15) is 36.3 Å². The monoisotopic (exact) mass is 262 g/mol. The summed E-state index contributed by atoms with van der Waals surface area (Å²) in [6.45, 7) is 1.37. The maximum absolute atomic E-state index is 10.6. The average Bonchev–Trinajstić information content (AvgIpc) is 2.45. The number of aliphatic hydroxyl groups is 1. The lowest BCUT2D eigenvalue weighted by atomic mass is 9.72. The number of methoxy groups -OCH3 is 1. The van der Waals surface area contributed by atoms with Crippen LogP contribution in [0.2, 0.25) is 0 Å². The van der Waals surface area contributed by atoms with Crippen molar-refractivity contribution in [1.29, 1.82) is 0 Å². The van der Waals surface area contributed by atoms with E-state index in [1.807, 2.05) is 0 Å². The Morgan fingerprint density at radius 1 is 1.37 bits per heavy atom. The van der Waals surface area contributed by atoms with E-state index in [1.165, 1.54) is 11.1 Å². The van der Waals surface area contributed by atoms with Crippen LogP contribution in [0, 0.1) is 0 Å². The number of benzene rings is 1. The molecular formula is C16H22O3. The van der Waals surface area contributed by atoms with Crippen molar-refractivity contribution in [2.45, 2.75) is 43.3 Å². The normalized spacial score (nSPS) is 26.3. The SMILES string of the molecule is COC1(C(O)CC2Cc3ccccc32)CCOCC1. The minimum Gasteiger partial charge on any atom is -0.390 e. The number of fused-ring (bicyclic) bond motifs is 1. The van der Waals surface area contributed by atoms with Crippen molar-refractivity contribution in [3.05, 3.63) is 35.4 Å². The highest BCUT2D eigenvalue weighted by atomic mass is 16.5. The van der Waals surface area contributed by atoms with Gasteiger partial charge in [0.05, 0.1) is 11.7 Å². The standard InChI is InChI=1S/C16H22O3/c1-18-16(6-8-19-9-7-16)15(17)11-13-10-12-4-2-3-5-14(12)13/h2-5,13,15,17H,6-11H2,1H3. The van der Waals surface area contributed by atoms with Gasteiger partial charge in [0.1, 0.15) is 0 Å². The van der Waals surface area contributed by atoms with Gasteiger partial charge in [-0.1, -0.05) is 24.3 Å². The third kappa shape index (κ3) is 2.31. The van der Waals surface area contributed by atoms with Crippen molar-refractivity contribution in [1.82, 2.24) is 0 Å². The Labute approximate surface area is 114 Å². The van der Waals surface area contributed by atoms with Gasteiger partial charge in [-0.15, -0.1) is 0 Å². The van der Waals surface area contributed by atoms with Crippen LogP contribution in [0.5, 0.6) is 0 Å². The second kappa shape index (κ2) is 5.23. The van der Waals surface area contributed by atoms with Crippen molar-refractivity contribution >= 4 is 0 Å². The van der Waals surface area contributed by atoms with Crippen LogP contribution in [-0.4, -0.2) is 37.1 Å². The molecule has 3 heteroatoms. The molecule has 1 N–H and O–H groups in total. The van der Waals surface area contributed by atoms with E-state index in [0.29, 0.717) is 19.1 Å². The molecule has 0 spiro atoms. The lowest BCUT2D eigenvalue weighted by molar-refractivity contribution is -0.155. The van der Waals surface area contributed by atoms with E-state index in [-0.39, 0.29) is 0 Å². The van der Waals surface area contributed by atoms with E-state index in [0.717, 1.165) is 25.7 Å². The highest BCUT2D eigenvalue weighted by molar-refractivity contribution is 5.40. The molecule has 3 rings (SSSR count). The van der Waals surface area contributed by atoms with Gasteiger partial charge >= 0.3 is 0 Å². The van der Waals surface area contributed by atoms with E-state index in [4.69, 9.17) is 9.47 Å². The maximum atomic E-state index is 10.6. The molecule has 1 heterocycles. The molecule has 0 radical (unpaired) electrons. The predicted molar refractivity (Wildman–Crippen MR) is 73.3 cm³/mol. The van der Waals surface area contributed by atoms with Crippen molar-refractivity contribution < 1.29 is 14.6 Å². The van der Waals surface area contributed by atoms with Gasteiger partial charge in [-0.3, -0.25) is 0 Å². The van der Waals surface area contributed by atoms with E-state index in [1.54, 1.807) is 7.11 Å². The minimum absolute atomic E-state index is 0.400. The molecule has 3 nitrogen and oxygen atoms in total. The van der Waals surface area contributed by atoms with E-state index in [9.17, 15) is 5.11 Å². The molecule has 2 unspecified atom stereocenters. The zero-order valence-electron chi connectivity index (χ0n) is 11.5. The highest BCUT2D eigenvalue weighted by Gasteiger charge is 2.42. The fourth-order valence-corrected chi connectivity index (χ4v) is 3.45. The fraction of sp³-hybridized carbons (Fsp3) is 0.625. The number of rotatable bonds is 4. The summed E-state index contributed by atoms with van der Waals surface area (Å²) in [6.07, 6.45) is 3.06. The molecule has 1 aromatic rings. The molecule has 0 bridgehead atoms. The van der Waals surface area contributed by atoms with Gasteiger partial charge in [0, 0.05) is 33.2 Å². The minimum atomic E-state index is -0.403. The maximum Gasteiger partial charge on any atom is 0.0980 e. The molecule has 2 aliphatic rings. The number of ether oxygens (including phenoxy) is 2. The van der Waals surface area contributed by atoms with Crippen molar-refractivity contribution in [3.8, 4) is 0 Å². The Hall–Kier alpha value is -0.900. The molecule has 1 aliphatic carbocycles. The van der Waals surface area contributed by atoms with E-state index < -0.39 is 11.7 Å². The Morgan fingerprint density at radius 2 is 2.11 bits per heavy atom. The lowest BCUT2D eigenvalue weighted by Crippen LogP contribution is -2.49. The quantitative estimate of drug-likeness (QED) is 0.904. The summed E-state index contributed by atoms with van der Waals surface area (Å²) in [6, 6.07) is 8.52. The second-order valence-electron chi connectivity index (χ2n) is 5.73. The summed E-state index contributed by atoms with van der Waals surface area (Å²) in [5.41, 5.74) is 2.43. The Kier molecular flexibility index (Phi) is 3.61. The highest BCUT2D eigenvalue weighted by Crippen LogP contribution is 2.41. The first-order chi connectivity index (χ1) is 9.25. The second-order valence-corrected chi connectivity index (χ2v) is 5.73. The third-order valence-corrected chi connectivity index (χ3v) is 4.82. The van der Waals surface area contributed by atoms with E-state index >= 15 is 0 Å². The smallest absolute Gasteiger partial charge is 0.0980 e. The largest absolute Gasteiger partial charge is 0.390 e. The molecule has 1 saturated heterocycles. The zero-order chi connectivity index (χ0) is 13.3. The fourth-order valence-electron chi connectivity index (χ4n) is 3.45. The summed E-state index contributed by atoms with van der Waals surface area (Å²) in [5.74, 6) is 0.487. The van der Waals surface area contributed by atoms with Gasteiger partial charge in [-0.25, -0.2) is 0 Å². The van der Waals surface area contributed by atoms with Crippen LogP contribution in [0.4, 0.5) is 0 Å². The molecular weight excluding hydrogens is 240 g/mol.